The highest BCUT2D eigenvalue weighted by Crippen LogP contribution is 2.40. The second kappa shape index (κ2) is 5.97. The fourth-order valence-electron chi connectivity index (χ4n) is 2.28. The minimum atomic E-state index is -4.63. The third-order valence-electron chi connectivity index (χ3n) is 3.40. The molecule has 0 radical (unpaired) electrons. The Morgan fingerprint density at radius 2 is 2.25 bits per heavy atom. The van der Waals surface area contributed by atoms with Gasteiger partial charge in [0.1, 0.15) is 17.1 Å². The number of aliphatic carboxylic acids is 1. The van der Waals surface area contributed by atoms with Crippen LogP contribution in [0, 0.1) is 0 Å². The molecule has 0 saturated carbocycles. The Morgan fingerprint density at radius 1 is 1.54 bits per heavy atom. The SMILES string of the molecule is NC1C(=O)N2C(C(=O)O)=C(CSc3n[nH]c(C(F)(F)F)n3)CS[C@H]12. The molecule has 2 atom stereocenters. The molecule has 1 unspecified atom stereocenters. The molecule has 3 rings (SSSR count). The Labute approximate surface area is 141 Å². The van der Waals surface area contributed by atoms with Crippen LogP contribution in [0.1, 0.15) is 5.82 Å². The monoisotopic (exact) mass is 381 g/mol. The third-order valence-corrected chi connectivity index (χ3v) is 5.69. The molecule has 1 aromatic heterocycles. The van der Waals surface area contributed by atoms with E-state index in [4.69, 9.17) is 5.73 Å². The van der Waals surface area contributed by atoms with Crippen molar-refractivity contribution in [1.29, 1.82) is 0 Å². The molecule has 4 N–H and O–H groups in total. The van der Waals surface area contributed by atoms with Crippen molar-refractivity contribution in [2.75, 3.05) is 11.5 Å². The van der Waals surface area contributed by atoms with Gasteiger partial charge >= 0.3 is 12.1 Å². The van der Waals surface area contributed by atoms with Gasteiger partial charge in [-0.2, -0.15) is 18.2 Å². The van der Waals surface area contributed by atoms with E-state index < -0.39 is 35.3 Å². The zero-order chi connectivity index (χ0) is 17.6. The Hall–Kier alpha value is -1.73. The van der Waals surface area contributed by atoms with E-state index in [1.54, 1.807) is 5.10 Å². The van der Waals surface area contributed by atoms with Crippen LogP contribution in [0.25, 0.3) is 0 Å². The molecular formula is C11H10F3N5O3S2. The third kappa shape index (κ3) is 2.86. The van der Waals surface area contributed by atoms with Gasteiger partial charge in [-0.3, -0.25) is 14.8 Å². The minimum Gasteiger partial charge on any atom is -0.477 e. The van der Waals surface area contributed by atoms with Crippen molar-refractivity contribution >= 4 is 35.4 Å². The predicted molar refractivity (Wildman–Crippen MR) is 77.8 cm³/mol. The molecule has 3 heterocycles. The Morgan fingerprint density at radius 3 is 2.83 bits per heavy atom. The number of fused-ring (bicyclic) bond motifs is 1. The number of carboxylic acids is 1. The number of nitrogens with zero attached hydrogens (tertiary/aromatic N) is 3. The van der Waals surface area contributed by atoms with Gasteiger partial charge in [0.2, 0.25) is 16.9 Å². The van der Waals surface area contributed by atoms with Gasteiger partial charge in [-0.1, -0.05) is 11.8 Å². The van der Waals surface area contributed by atoms with Crippen molar-refractivity contribution in [3.8, 4) is 0 Å². The summed E-state index contributed by atoms with van der Waals surface area (Å²) in [6, 6.07) is -0.735. The fourth-order valence-corrected chi connectivity index (χ4v) is 4.51. The molecule has 2 aliphatic rings. The fraction of sp³-hybridized carbons (Fsp3) is 0.455. The molecule has 8 nitrogen and oxygen atoms in total. The van der Waals surface area contributed by atoms with Crippen molar-refractivity contribution in [1.82, 2.24) is 20.1 Å². The first kappa shape index (κ1) is 17.1. The Balaban J connectivity index is 1.77. The van der Waals surface area contributed by atoms with Crippen molar-refractivity contribution in [3.05, 3.63) is 17.1 Å². The largest absolute Gasteiger partial charge is 0.477 e. The van der Waals surface area contributed by atoms with Gasteiger partial charge in [-0.15, -0.1) is 16.9 Å². The summed E-state index contributed by atoms with van der Waals surface area (Å²) >= 11 is 2.17. The Bertz CT molecular complexity index is 735. The van der Waals surface area contributed by atoms with Crippen LogP contribution in [0.4, 0.5) is 13.2 Å². The molecular weight excluding hydrogens is 371 g/mol. The highest BCUT2D eigenvalue weighted by atomic mass is 32.2. The molecule has 13 heteroatoms. The minimum absolute atomic E-state index is 0.0511. The number of alkyl halides is 3. The quantitative estimate of drug-likeness (QED) is 0.509. The maximum Gasteiger partial charge on any atom is 0.451 e. The number of thioether (sulfide) groups is 2. The van der Waals surface area contributed by atoms with E-state index in [0.29, 0.717) is 11.3 Å². The van der Waals surface area contributed by atoms with E-state index >= 15 is 0 Å². The van der Waals surface area contributed by atoms with E-state index in [1.807, 2.05) is 0 Å². The number of hydrogen-bond acceptors (Lipinski definition) is 7. The molecule has 1 aromatic rings. The Kier molecular flexibility index (Phi) is 4.25. The number of nitrogens with two attached hydrogens (primary N) is 1. The second-order valence-corrected chi connectivity index (χ2v) is 6.99. The van der Waals surface area contributed by atoms with Crippen LogP contribution in [-0.4, -0.2) is 60.0 Å². The van der Waals surface area contributed by atoms with Gasteiger partial charge in [0.25, 0.3) is 0 Å². The summed E-state index contributed by atoms with van der Waals surface area (Å²) in [5.41, 5.74) is 5.88. The summed E-state index contributed by atoms with van der Waals surface area (Å²) in [6.45, 7) is 0. The maximum absolute atomic E-state index is 12.5. The molecule has 2 aliphatic heterocycles. The van der Waals surface area contributed by atoms with Gasteiger partial charge in [0.15, 0.2) is 0 Å². The number of carbonyl (C=O) groups excluding carboxylic acids is 1. The van der Waals surface area contributed by atoms with Crippen LogP contribution in [0.2, 0.25) is 0 Å². The van der Waals surface area contributed by atoms with Gasteiger partial charge in [0.05, 0.1) is 0 Å². The van der Waals surface area contributed by atoms with E-state index in [9.17, 15) is 27.9 Å². The standard InChI is InChI=1S/C11H10F3N5O3S2/c12-11(13,14)9-16-10(18-17-9)24-2-3-1-23-7-4(15)6(20)19(7)5(3)8(21)22/h4,7H,1-2,15H2,(H,21,22)(H,16,17,18)/t4?,7-/m1/s1. The van der Waals surface area contributed by atoms with E-state index in [0.717, 1.165) is 16.7 Å². The van der Waals surface area contributed by atoms with Gasteiger partial charge < -0.3 is 10.8 Å². The summed E-state index contributed by atoms with van der Waals surface area (Å²) in [6.07, 6.45) is -4.63. The average Bonchev–Trinajstić information content (AvgIpc) is 3.00. The molecule has 0 aromatic carbocycles. The lowest BCUT2D eigenvalue weighted by atomic mass is 10.0. The molecule has 0 bridgehead atoms. The van der Waals surface area contributed by atoms with Gasteiger partial charge in [-0.05, 0) is 5.57 Å². The summed E-state index contributed by atoms with van der Waals surface area (Å²) in [5, 5.41) is 14.0. The average molecular weight is 381 g/mol. The second-order valence-electron chi connectivity index (χ2n) is 4.95. The summed E-state index contributed by atoms with van der Waals surface area (Å²) < 4.78 is 37.4. The zero-order valence-electron chi connectivity index (χ0n) is 11.7. The molecule has 1 amide bonds. The number of rotatable bonds is 4. The van der Waals surface area contributed by atoms with Crippen LogP contribution >= 0.6 is 23.5 Å². The summed E-state index contributed by atoms with van der Waals surface area (Å²) in [5.74, 6) is -2.62. The normalized spacial score (nSPS) is 24.0. The molecule has 0 aliphatic carbocycles. The number of hydrogen-bond donors (Lipinski definition) is 3. The molecule has 1 saturated heterocycles. The first-order valence-corrected chi connectivity index (χ1v) is 8.51. The number of amides is 1. The highest BCUT2D eigenvalue weighted by Gasteiger charge is 2.51. The number of halogens is 3. The molecule has 24 heavy (non-hydrogen) atoms. The highest BCUT2D eigenvalue weighted by molar-refractivity contribution is 8.01. The number of aromatic nitrogens is 3. The van der Waals surface area contributed by atoms with Crippen LogP contribution < -0.4 is 5.73 Å². The van der Waals surface area contributed by atoms with E-state index in [-0.39, 0.29) is 16.6 Å². The van der Waals surface area contributed by atoms with E-state index in [1.165, 1.54) is 11.8 Å². The molecule has 130 valence electrons. The van der Waals surface area contributed by atoms with Crippen LogP contribution in [0.15, 0.2) is 16.4 Å². The van der Waals surface area contributed by atoms with Crippen LogP contribution in [-0.2, 0) is 15.8 Å². The van der Waals surface area contributed by atoms with Crippen LogP contribution in [0.3, 0.4) is 0 Å². The smallest absolute Gasteiger partial charge is 0.451 e. The van der Waals surface area contributed by atoms with Gasteiger partial charge in [0, 0.05) is 11.5 Å². The number of aromatic amines is 1. The lowest BCUT2D eigenvalue weighted by Gasteiger charge is -2.48. The van der Waals surface area contributed by atoms with Crippen molar-refractivity contribution in [3.63, 3.8) is 0 Å². The number of β-lactam (4-membered cyclic amide) rings is 1. The van der Waals surface area contributed by atoms with Crippen molar-refractivity contribution in [2.45, 2.75) is 22.7 Å². The lowest BCUT2D eigenvalue weighted by Crippen LogP contribution is -2.68. The number of carbonyl (C=O) groups is 2. The van der Waals surface area contributed by atoms with E-state index in [2.05, 4.69) is 10.1 Å². The van der Waals surface area contributed by atoms with Crippen molar-refractivity contribution in [2.24, 2.45) is 5.73 Å². The summed E-state index contributed by atoms with van der Waals surface area (Å²) in [7, 11) is 0. The lowest BCUT2D eigenvalue weighted by molar-refractivity contribution is -0.147. The van der Waals surface area contributed by atoms with Gasteiger partial charge in [-0.25, -0.2) is 4.79 Å². The number of nitrogens with one attached hydrogen (secondary N) is 1. The topological polar surface area (TPSA) is 125 Å². The number of H-pyrrole nitrogens is 1. The summed E-state index contributed by atoms with van der Waals surface area (Å²) in [4.78, 5) is 27.7. The molecule has 0 spiro atoms. The first-order valence-electron chi connectivity index (χ1n) is 6.48. The van der Waals surface area contributed by atoms with Crippen molar-refractivity contribution < 1.29 is 27.9 Å². The molecule has 1 fully saturated rings. The van der Waals surface area contributed by atoms with Crippen LogP contribution in [0.5, 0.6) is 0 Å². The zero-order valence-corrected chi connectivity index (χ0v) is 13.3. The first-order chi connectivity index (χ1) is 11.2. The predicted octanol–water partition coefficient (Wildman–Crippen LogP) is 0.497. The number of carboxylic acid groups (broad SMARTS) is 1. The maximum atomic E-state index is 12.5.